The van der Waals surface area contributed by atoms with Crippen molar-refractivity contribution in [1.82, 2.24) is 0 Å². The first-order valence-electron chi connectivity index (χ1n) is 35.6. The van der Waals surface area contributed by atoms with Crippen LogP contribution < -0.4 is 72.2 Å². The standard InChI is InChI=1S/C58H80N2O14.C22H29FO5.2ClH/c1-59(25-21-41-35-47(63-3)49(65-5)37-43(41)45(59)29-39-31-51(67-7)57(71-11)52(32-39)68-8)23-17-27-73-55(61)19-15-13-14-16-20-56(62)74-28-18-24-60(2)26-22-42-36-48(64-4)50(66-6)38-44(42)46(60)30-40-33-53(69-9)58(72-12)54(34-40)70-10;1-12-8-16-15-5-4-13-9-14(25)6-7-19(13,2)21(15,23)17(26)10-20(16,3)22(12,28)18(27)11-24;;/h13-14,31-38,45-46H,15-30H2,1-12H3;6-7,9,12,15-17,24,26,28H,4-5,8,10-11H2,1-3H3;2*1H/q+2;;;/p-2/b14-13+;;;/t45-,46-,59?,60?;12-,15+,16+,17+,19+,20+,21+,22+;;/m11../s1. The third-order valence-electron chi connectivity index (χ3n) is 23.7. The Balaban J connectivity index is 0.000000418. The predicted octanol–water partition coefficient (Wildman–Crippen LogP) is 4.93. The number of hydrogen-bond acceptors (Lipinski definition) is 19. The first-order valence-corrected chi connectivity index (χ1v) is 35.6. The van der Waals surface area contributed by atoms with Gasteiger partial charge in [-0.1, -0.05) is 37.6 Å². The van der Waals surface area contributed by atoms with E-state index in [1.54, 1.807) is 97.9 Å². The molecule has 4 aliphatic carbocycles. The van der Waals surface area contributed by atoms with Gasteiger partial charge in [-0.05, 0) is 140 Å². The number of aliphatic hydroxyl groups excluding tert-OH is 2. The van der Waals surface area contributed by atoms with Gasteiger partial charge in [0, 0.05) is 79.2 Å². The van der Waals surface area contributed by atoms with E-state index in [9.17, 15) is 34.5 Å². The van der Waals surface area contributed by atoms with Crippen molar-refractivity contribution in [3.05, 3.63) is 118 Å². The Hall–Kier alpha value is -7.31. The summed E-state index contributed by atoms with van der Waals surface area (Å²) in [5.74, 6) is 3.69. The fourth-order valence-corrected chi connectivity index (χ4v) is 18.1. The van der Waals surface area contributed by atoms with Crippen LogP contribution in [0.15, 0.2) is 84.5 Å². The van der Waals surface area contributed by atoms with Crippen molar-refractivity contribution in [2.75, 3.05) is 131 Å². The zero-order valence-corrected chi connectivity index (χ0v) is 64.7. The van der Waals surface area contributed by atoms with E-state index >= 15 is 4.39 Å². The van der Waals surface area contributed by atoms with Gasteiger partial charge in [-0.25, -0.2) is 4.39 Å². The van der Waals surface area contributed by atoms with E-state index in [0.717, 1.165) is 59.1 Å². The number of alkyl halides is 1. The number of allylic oxidation sites excluding steroid dienone is 6. The lowest BCUT2D eigenvalue weighted by molar-refractivity contribution is -0.941. The van der Waals surface area contributed by atoms with Crippen LogP contribution in [-0.2, 0) is 54.3 Å². The minimum atomic E-state index is -1.98. The van der Waals surface area contributed by atoms with Crippen LogP contribution in [-0.4, -0.2) is 196 Å². The number of rotatable bonds is 30. The van der Waals surface area contributed by atoms with Gasteiger partial charge in [0.05, 0.1) is 131 Å². The molecule has 3 N–H and O–H groups in total. The molecule has 0 amide bonds. The van der Waals surface area contributed by atoms with Gasteiger partial charge in [-0.2, -0.15) is 0 Å². The van der Waals surface area contributed by atoms with Crippen molar-refractivity contribution in [1.29, 1.82) is 0 Å². The number of methoxy groups -OCH3 is 10. The molecule has 574 valence electrons. The van der Waals surface area contributed by atoms with Crippen molar-refractivity contribution >= 4 is 23.5 Å². The second-order valence-electron chi connectivity index (χ2n) is 29.1. The molecule has 0 spiro atoms. The maximum absolute atomic E-state index is 16.9. The van der Waals surface area contributed by atoms with Crippen LogP contribution in [0.5, 0.6) is 57.5 Å². The summed E-state index contributed by atoms with van der Waals surface area (Å²) in [6, 6.07) is 16.5. The molecule has 21 nitrogen and oxygen atoms in total. The Morgan fingerprint density at radius 3 is 1.40 bits per heavy atom. The van der Waals surface area contributed by atoms with Gasteiger partial charge in [0.15, 0.2) is 63.2 Å². The summed E-state index contributed by atoms with van der Waals surface area (Å²) in [7, 11) is 20.9. The lowest BCUT2D eigenvalue weighted by Crippen LogP contribution is -3.00. The molecule has 0 aromatic heterocycles. The van der Waals surface area contributed by atoms with E-state index in [4.69, 9.17) is 56.8 Å². The number of likely N-dealkylation sites (N-methyl/N-ethyl adjacent to an activating group) is 2. The molecule has 104 heavy (non-hydrogen) atoms. The summed E-state index contributed by atoms with van der Waals surface area (Å²) in [6.07, 6.45) is 14.4. The summed E-state index contributed by atoms with van der Waals surface area (Å²) >= 11 is 0. The predicted molar refractivity (Wildman–Crippen MR) is 382 cm³/mol. The Morgan fingerprint density at radius 2 is 1.01 bits per heavy atom. The molecule has 2 unspecified atom stereocenters. The third-order valence-corrected chi connectivity index (χ3v) is 23.7. The number of aliphatic hydroxyl groups is 3. The van der Waals surface area contributed by atoms with Gasteiger partial charge >= 0.3 is 11.9 Å². The van der Waals surface area contributed by atoms with E-state index in [1.807, 2.05) is 36.4 Å². The molecule has 4 aromatic carbocycles. The second kappa shape index (κ2) is 35.4. The van der Waals surface area contributed by atoms with E-state index in [-0.39, 0.29) is 79.8 Å². The van der Waals surface area contributed by atoms with Crippen molar-refractivity contribution in [2.45, 2.75) is 140 Å². The van der Waals surface area contributed by atoms with Crippen LogP contribution in [0, 0.1) is 28.6 Å². The monoisotopic (exact) mass is 1490 g/mol. The summed E-state index contributed by atoms with van der Waals surface area (Å²) in [4.78, 5) is 50.1. The molecular weight excluding hydrogens is 1380 g/mol. The highest BCUT2D eigenvalue weighted by Gasteiger charge is 2.75. The van der Waals surface area contributed by atoms with E-state index in [2.05, 4.69) is 38.4 Å². The zero-order valence-electron chi connectivity index (χ0n) is 63.2. The smallest absolute Gasteiger partial charge is 0.306 e. The van der Waals surface area contributed by atoms with E-state index in [0.29, 0.717) is 134 Å². The number of carbonyl (C=O) groups excluding carboxylic acids is 4. The van der Waals surface area contributed by atoms with Crippen LogP contribution >= 0.6 is 0 Å². The Bertz CT molecular complexity index is 3570. The molecule has 12 atom stereocenters. The average Bonchev–Trinajstić information content (AvgIpc) is 1.26. The highest BCUT2D eigenvalue weighted by molar-refractivity contribution is 6.01. The third kappa shape index (κ3) is 16.3. The largest absolute Gasteiger partial charge is 1.00 e. The summed E-state index contributed by atoms with van der Waals surface area (Å²) in [5, 5.41) is 32.0. The maximum Gasteiger partial charge on any atom is 0.306 e. The van der Waals surface area contributed by atoms with Gasteiger partial charge in [0.25, 0.3) is 0 Å². The molecule has 2 heterocycles. The highest BCUT2D eigenvalue weighted by atomic mass is 35.5. The molecule has 3 saturated carbocycles. The number of Topliss-reactive ketones (excluding diaryl/α,β-unsaturated/α-hetero) is 1. The number of fused-ring (bicyclic) bond motifs is 7. The maximum atomic E-state index is 16.9. The van der Waals surface area contributed by atoms with Gasteiger partial charge in [0.2, 0.25) is 11.5 Å². The first-order chi connectivity index (χ1) is 48.7. The molecule has 10 rings (SSSR count). The number of ketones is 2. The summed E-state index contributed by atoms with van der Waals surface area (Å²) < 4.78 is 86.7. The number of benzene rings is 4. The molecular formula is C80H109Cl2FN2O19. The fraction of sp³-hybridized carbons (Fsp3) is 0.575. The lowest BCUT2D eigenvalue weighted by atomic mass is 9.44. The van der Waals surface area contributed by atoms with Gasteiger partial charge in [0.1, 0.15) is 24.3 Å². The van der Waals surface area contributed by atoms with Gasteiger partial charge < -0.3 is 106 Å². The zero-order chi connectivity index (χ0) is 74.1. The number of esters is 2. The Kier molecular flexibility index (Phi) is 28.6. The molecule has 2 aliphatic heterocycles. The van der Waals surface area contributed by atoms with Crippen LogP contribution in [0.25, 0.3) is 0 Å². The van der Waals surface area contributed by atoms with Crippen molar-refractivity contribution in [2.24, 2.45) is 28.6 Å². The minimum Gasteiger partial charge on any atom is -1.00 e. The van der Waals surface area contributed by atoms with Crippen LogP contribution in [0.1, 0.15) is 130 Å². The molecule has 0 radical (unpaired) electrons. The molecule has 6 aliphatic rings. The van der Waals surface area contributed by atoms with Crippen LogP contribution in [0.3, 0.4) is 0 Å². The lowest BCUT2D eigenvalue weighted by Gasteiger charge is -2.62. The second-order valence-corrected chi connectivity index (χ2v) is 29.1. The van der Waals surface area contributed by atoms with Crippen molar-refractivity contribution in [3.8, 4) is 57.5 Å². The van der Waals surface area contributed by atoms with E-state index < -0.39 is 52.4 Å². The number of halogens is 3. The number of hydrogen-bond donors (Lipinski definition) is 3. The fourth-order valence-electron chi connectivity index (χ4n) is 18.1. The number of ether oxygens (including phenoxy) is 12. The Labute approximate surface area is 625 Å². The van der Waals surface area contributed by atoms with Crippen LogP contribution in [0.4, 0.5) is 4.39 Å². The molecule has 4 aromatic rings. The SMILES string of the molecule is COc1cc2c(cc1OC)[C@@H](Cc1cc(OC)c(OC)c(OC)c1)[N+](C)(CCCOC(=O)CC/C=C/CCC(=O)OCCC[N+]1(C)CCc3cc(OC)c(OC)cc3[C@H]1Cc1cc(OC)c(OC)c(OC)c1)CC2.C[C@@H]1C[C@H]2[C@@H]3CCC4=CC(=O)C=C[C@]4(C)[C@@]3(F)[C@@H](O)C[C@]2(C)[C@@]1(O)C(=O)CO.[Cl-].[Cl-]. The summed E-state index contributed by atoms with van der Waals surface area (Å²) in [6.45, 7) is 8.49. The van der Waals surface area contributed by atoms with Crippen molar-refractivity contribution in [3.63, 3.8) is 0 Å². The molecule has 3 fully saturated rings. The quantitative estimate of drug-likeness (QED) is 0.0271. The molecule has 0 bridgehead atoms. The first kappa shape index (κ1) is 84.0. The number of nitrogens with zero attached hydrogens (tertiary/aromatic N) is 2. The Morgan fingerprint density at radius 1 is 0.596 bits per heavy atom. The average molecular weight is 1490 g/mol. The highest BCUT2D eigenvalue weighted by Crippen LogP contribution is 2.71. The normalized spacial score (nSPS) is 27.6. The van der Waals surface area contributed by atoms with Crippen molar-refractivity contribution < 1.29 is 130 Å². The number of carbonyl (C=O) groups is 4. The van der Waals surface area contributed by atoms with Gasteiger partial charge in [-0.15, -0.1) is 0 Å². The molecule has 24 heteroatoms. The van der Waals surface area contributed by atoms with Gasteiger partial charge in [-0.3, -0.25) is 19.2 Å². The van der Waals surface area contributed by atoms with E-state index in [1.165, 1.54) is 34.4 Å². The van der Waals surface area contributed by atoms with Crippen LogP contribution in [0.2, 0.25) is 0 Å². The minimum absolute atomic E-state index is 0. The topological polar surface area (TPSA) is 240 Å². The number of quaternary nitrogens is 2. The molecule has 0 saturated heterocycles. The summed E-state index contributed by atoms with van der Waals surface area (Å²) in [5.41, 5.74) is 1.76.